The van der Waals surface area contributed by atoms with Crippen molar-refractivity contribution in [2.45, 2.75) is 20.6 Å². The van der Waals surface area contributed by atoms with E-state index in [1.54, 1.807) is 6.92 Å². The second-order valence-electron chi connectivity index (χ2n) is 4.88. The number of anilines is 1. The van der Waals surface area contributed by atoms with Crippen LogP contribution in [0.2, 0.25) is 0 Å². The van der Waals surface area contributed by atoms with Gasteiger partial charge in [0.05, 0.1) is 18.6 Å². The molecule has 0 aliphatic heterocycles. The number of alkyl halides is 1. The number of non-ortho nitro benzene ring substituents is 1. The van der Waals surface area contributed by atoms with Crippen LogP contribution in [-0.2, 0) is 14.6 Å². The van der Waals surface area contributed by atoms with Crippen LogP contribution in [0.15, 0.2) is 58.3 Å². The molecule has 0 aliphatic carbocycles. The first kappa shape index (κ1) is 18.3. The molecule has 0 bridgehead atoms. The number of carbonyl (C=O) groups excluding carboxylic acids is 1. The van der Waals surface area contributed by atoms with Gasteiger partial charge in [0.1, 0.15) is 0 Å². The number of halogens is 1. The highest BCUT2D eigenvalue weighted by Crippen LogP contribution is 2.24. The SMILES string of the molecule is CC(I)C(=O)Nc1ccc(S(=O)(=O)c2ccc([N+](=O)[O-])cc2)cc1. The van der Waals surface area contributed by atoms with Gasteiger partial charge in [0.2, 0.25) is 15.7 Å². The fourth-order valence-electron chi connectivity index (χ4n) is 1.84. The van der Waals surface area contributed by atoms with Crippen molar-refractivity contribution in [1.29, 1.82) is 0 Å². The maximum atomic E-state index is 12.5. The molecule has 1 amide bonds. The smallest absolute Gasteiger partial charge is 0.269 e. The Balaban J connectivity index is 2.26. The molecule has 0 radical (unpaired) electrons. The number of amides is 1. The second kappa shape index (κ2) is 7.26. The maximum absolute atomic E-state index is 12.5. The summed E-state index contributed by atoms with van der Waals surface area (Å²) in [7, 11) is -3.78. The normalized spacial score (nSPS) is 12.4. The maximum Gasteiger partial charge on any atom is 0.269 e. The van der Waals surface area contributed by atoms with E-state index in [1.165, 1.54) is 36.4 Å². The molecule has 0 saturated carbocycles. The van der Waals surface area contributed by atoms with Crippen molar-refractivity contribution in [1.82, 2.24) is 0 Å². The van der Waals surface area contributed by atoms with E-state index in [1.807, 2.05) is 22.6 Å². The van der Waals surface area contributed by atoms with Crippen LogP contribution in [0.3, 0.4) is 0 Å². The number of rotatable bonds is 5. The summed E-state index contributed by atoms with van der Waals surface area (Å²) >= 11 is 1.97. The standard InChI is InChI=1S/C15H13IN2O5S/c1-10(16)15(19)17-11-2-6-13(7-3-11)24(22,23)14-8-4-12(5-9-14)18(20)21/h2-10H,1H3,(H,17,19). The zero-order valence-electron chi connectivity index (χ0n) is 12.5. The van der Waals surface area contributed by atoms with Crippen molar-refractivity contribution >= 4 is 49.7 Å². The Morgan fingerprint density at radius 1 is 1.08 bits per heavy atom. The molecule has 2 aromatic carbocycles. The first-order chi connectivity index (χ1) is 11.2. The average Bonchev–Trinajstić information content (AvgIpc) is 2.55. The molecule has 0 aromatic heterocycles. The average molecular weight is 460 g/mol. The summed E-state index contributed by atoms with van der Waals surface area (Å²) in [5, 5.41) is 13.3. The van der Waals surface area contributed by atoms with E-state index in [0.29, 0.717) is 5.69 Å². The van der Waals surface area contributed by atoms with Crippen LogP contribution in [0, 0.1) is 10.1 Å². The Labute approximate surface area is 152 Å². The third-order valence-electron chi connectivity index (χ3n) is 3.15. The van der Waals surface area contributed by atoms with Crippen LogP contribution in [0.5, 0.6) is 0 Å². The molecule has 0 saturated heterocycles. The predicted molar refractivity (Wildman–Crippen MR) is 97.1 cm³/mol. The minimum Gasteiger partial charge on any atom is -0.325 e. The van der Waals surface area contributed by atoms with Crippen LogP contribution in [0.4, 0.5) is 11.4 Å². The number of benzene rings is 2. The van der Waals surface area contributed by atoms with Crippen molar-refractivity contribution in [3.05, 3.63) is 58.6 Å². The van der Waals surface area contributed by atoms with Crippen LogP contribution >= 0.6 is 22.6 Å². The quantitative estimate of drug-likeness (QED) is 0.319. The number of sulfone groups is 1. The summed E-state index contributed by atoms with van der Waals surface area (Å²) in [5.74, 6) is -0.179. The molecule has 9 heteroatoms. The molecule has 1 N–H and O–H groups in total. The summed E-state index contributed by atoms with van der Waals surface area (Å²) in [6.45, 7) is 1.74. The van der Waals surface area contributed by atoms with Gasteiger partial charge in [-0.3, -0.25) is 14.9 Å². The molecule has 1 unspecified atom stereocenters. The molecule has 0 aliphatic rings. The highest BCUT2D eigenvalue weighted by atomic mass is 127. The van der Waals surface area contributed by atoms with Crippen molar-refractivity contribution in [3.8, 4) is 0 Å². The van der Waals surface area contributed by atoms with Gasteiger partial charge in [0, 0.05) is 17.8 Å². The minimum absolute atomic E-state index is 0.0363. The molecule has 2 rings (SSSR count). The Morgan fingerprint density at radius 3 is 1.96 bits per heavy atom. The lowest BCUT2D eigenvalue weighted by molar-refractivity contribution is -0.384. The van der Waals surface area contributed by atoms with E-state index in [-0.39, 0.29) is 25.3 Å². The first-order valence-corrected chi connectivity index (χ1v) is 9.49. The predicted octanol–water partition coefficient (Wildman–Crippen LogP) is 3.19. The molecule has 0 fully saturated rings. The number of nitrogens with zero attached hydrogens (tertiary/aromatic N) is 1. The highest BCUT2D eigenvalue weighted by molar-refractivity contribution is 14.1. The van der Waals surface area contributed by atoms with E-state index >= 15 is 0 Å². The Kier molecular flexibility index (Phi) is 5.54. The number of carbonyl (C=O) groups is 1. The Bertz CT molecular complexity index is 862. The van der Waals surface area contributed by atoms with Crippen molar-refractivity contribution in [2.24, 2.45) is 0 Å². The van der Waals surface area contributed by atoms with Crippen LogP contribution in [-0.4, -0.2) is 23.2 Å². The third-order valence-corrected chi connectivity index (χ3v) is 5.50. The molecular weight excluding hydrogens is 447 g/mol. The molecule has 24 heavy (non-hydrogen) atoms. The van der Waals surface area contributed by atoms with Crippen LogP contribution in [0.25, 0.3) is 0 Å². The van der Waals surface area contributed by atoms with Crippen molar-refractivity contribution in [3.63, 3.8) is 0 Å². The summed E-state index contributed by atoms with van der Waals surface area (Å²) in [5.41, 5.74) is 0.311. The number of nitrogens with one attached hydrogen (secondary N) is 1. The van der Waals surface area contributed by atoms with Crippen molar-refractivity contribution in [2.75, 3.05) is 5.32 Å². The van der Waals surface area contributed by atoms with Gasteiger partial charge >= 0.3 is 0 Å². The summed E-state index contributed by atoms with van der Waals surface area (Å²) in [4.78, 5) is 21.6. The van der Waals surface area contributed by atoms with Gasteiger partial charge in [-0.2, -0.15) is 0 Å². The van der Waals surface area contributed by atoms with E-state index in [2.05, 4.69) is 5.32 Å². The molecule has 7 nitrogen and oxygen atoms in total. The fourth-order valence-corrected chi connectivity index (χ4v) is 3.26. The third kappa shape index (κ3) is 4.09. The van der Waals surface area contributed by atoms with Gasteiger partial charge < -0.3 is 5.32 Å². The second-order valence-corrected chi connectivity index (χ2v) is 8.70. The summed E-state index contributed by atoms with van der Waals surface area (Å²) < 4.78 is 24.8. The first-order valence-electron chi connectivity index (χ1n) is 6.76. The minimum atomic E-state index is -3.78. The lowest BCUT2D eigenvalue weighted by Gasteiger charge is -2.08. The largest absolute Gasteiger partial charge is 0.325 e. The number of nitro groups is 1. The zero-order chi connectivity index (χ0) is 17.9. The Morgan fingerprint density at radius 2 is 1.54 bits per heavy atom. The van der Waals surface area contributed by atoms with Gasteiger partial charge in [-0.25, -0.2) is 8.42 Å². The molecule has 126 valence electrons. The van der Waals surface area contributed by atoms with E-state index in [4.69, 9.17) is 0 Å². The Hall–Kier alpha value is -2.01. The van der Waals surface area contributed by atoms with Crippen LogP contribution in [0.1, 0.15) is 6.92 Å². The fraction of sp³-hybridized carbons (Fsp3) is 0.133. The number of hydrogen-bond donors (Lipinski definition) is 1. The monoisotopic (exact) mass is 460 g/mol. The molecule has 0 heterocycles. The van der Waals surface area contributed by atoms with E-state index in [0.717, 1.165) is 12.1 Å². The molecular formula is C15H13IN2O5S. The van der Waals surface area contributed by atoms with Gasteiger partial charge in [-0.15, -0.1) is 0 Å². The zero-order valence-corrected chi connectivity index (χ0v) is 15.4. The van der Waals surface area contributed by atoms with Gasteiger partial charge in [-0.05, 0) is 43.3 Å². The summed E-state index contributed by atoms with van der Waals surface area (Å²) in [6.07, 6.45) is 0. The highest BCUT2D eigenvalue weighted by Gasteiger charge is 2.19. The van der Waals surface area contributed by atoms with Crippen molar-refractivity contribution < 1.29 is 18.1 Å². The van der Waals surface area contributed by atoms with E-state index in [9.17, 15) is 23.3 Å². The molecule has 0 spiro atoms. The lowest BCUT2D eigenvalue weighted by atomic mass is 10.3. The van der Waals surface area contributed by atoms with Gasteiger partial charge in [-0.1, -0.05) is 22.6 Å². The van der Waals surface area contributed by atoms with Gasteiger partial charge in [0.25, 0.3) is 5.69 Å². The molecule has 1 atom stereocenters. The summed E-state index contributed by atoms with van der Waals surface area (Å²) in [6, 6.07) is 10.4. The van der Waals surface area contributed by atoms with Gasteiger partial charge in [0.15, 0.2) is 0 Å². The topological polar surface area (TPSA) is 106 Å². The lowest BCUT2D eigenvalue weighted by Crippen LogP contribution is -2.19. The van der Waals surface area contributed by atoms with E-state index < -0.39 is 14.8 Å². The number of nitro benzene ring substituents is 1. The van der Waals surface area contributed by atoms with Crippen LogP contribution < -0.4 is 5.32 Å². The molecule has 2 aromatic rings. The number of hydrogen-bond acceptors (Lipinski definition) is 5.